The van der Waals surface area contributed by atoms with Gasteiger partial charge in [0, 0.05) is 12.7 Å². The molecule has 0 aliphatic carbocycles. The number of rotatable bonds is 2. The maximum atomic E-state index is 6.15. The first-order valence-corrected chi connectivity index (χ1v) is 6.79. The van der Waals surface area contributed by atoms with Crippen LogP contribution in [0.4, 0.5) is 10.8 Å². The maximum Gasteiger partial charge on any atom is 0.190 e. The molecule has 0 amide bonds. The van der Waals surface area contributed by atoms with Crippen molar-refractivity contribution in [3.63, 3.8) is 0 Å². The van der Waals surface area contributed by atoms with E-state index in [1.54, 1.807) is 11.3 Å². The number of hydrogen-bond donors (Lipinski definition) is 0. The number of hydrogen-bond acceptors (Lipinski definition) is 3. The SMILES string of the molecule is CN(c1ccccc1)c1nc2c(Cl)cccc2s1. The molecule has 2 nitrogen and oxygen atoms in total. The fourth-order valence-electron chi connectivity index (χ4n) is 1.81. The highest BCUT2D eigenvalue weighted by atomic mass is 35.5. The Labute approximate surface area is 114 Å². The Balaban J connectivity index is 2.07. The van der Waals surface area contributed by atoms with Gasteiger partial charge < -0.3 is 4.90 Å². The molecule has 0 saturated heterocycles. The van der Waals surface area contributed by atoms with Gasteiger partial charge in [0.15, 0.2) is 5.13 Å². The van der Waals surface area contributed by atoms with Crippen LogP contribution >= 0.6 is 22.9 Å². The third kappa shape index (κ3) is 1.96. The van der Waals surface area contributed by atoms with Crippen molar-refractivity contribution < 1.29 is 0 Å². The molecule has 0 atom stereocenters. The fourth-order valence-corrected chi connectivity index (χ4v) is 3.06. The smallest absolute Gasteiger partial charge is 0.190 e. The van der Waals surface area contributed by atoms with Crippen LogP contribution < -0.4 is 4.90 Å². The summed E-state index contributed by atoms with van der Waals surface area (Å²) in [5.41, 5.74) is 2.00. The molecule has 1 aromatic heterocycles. The van der Waals surface area contributed by atoms with Crippen LogP contribution in [0.25, 0.3) is 10.2 Å². The molecular formula is C14H11ClN2S. The van der Waals surface area contributed by atoms with Crippen LogP contribution in [-0.2, 0) is 0 Å². The highest BCUT2D eigenvalue weighted by Gasteiger charge is 2.11. The second-order valence-electron chi connectivity index (χ2n) is 3.98. The number of aromatic nitrogens is 1. The van der Waals surface area contributed by atoms with Crippen molar-refractivity contribution in [1.29, 1.82) is 0 Å². The maximum absolute atomic E-state index is 6.15. The molecule has 0 unspecified atom stereocenters. The minimum Gasteiger partial charge on any atom is -0.321 e. The Bertz CT molecular complexity index is 679. The molecular weight excluding hydrogens is 264 g/mol. The second-order valence-corrected chi connectivity index (χ2v) is 5.39. The molecule has 0 saturated carbocycles. The van der Waals surface area contributed by atoms with E-state index in [1.165, 1.54) is 0 Å². The van der Waals surface area contributed by atoms with Crippen LogP contribution in [0.1, 0.15) is 0 Å². The van der Waals surface area contributed by atoms with Crippen molar-refractivity contribution in [2.45, 2.75) is 0 Å². The van der Waals surface area contributed by atoms with E-state index in [-0.39, 0.29) is 0 Å². The summed E-state index contributed by atoms with van der Waals surface area (Å²) in [7, 11) is 2.01. The molecule has 2 aromatic carbocycles. The predicted molar refractivity (Wildman–Crippen MR) is 79.1 cm³/mol. The summed E-state index contributed by atoms with van der Waals surface area (Å²) < 4.78 is 1.11. The van der Waals surface area contributed by atoms with Crippen molar-refractivity contribution in [2.75, 3.05) is 11.9 Å². The zero-order valence-electron chi connectivity index (χ0n) is 9.80. The summed E-state index contributed by atoms with van der Waals surface area (Å²) in [5, 5.41) is 1.65. The lowest BCUT2D eigenvalue weighted by atomic mass is 10.3. The molecule has 0 fully saturated rings. The van der Waals surface area contributed by atoms with Gasteiger partial charge in [0.25, 0.3) is 0 Å². The monoisotopic (exact) mass is 274 g/mol. The third-order valence-electron chi connectivity index (χ3n) is 2.79. The number of anilines is 2. The number of para-hydroxylation sites is 2. The van der Waals surface area contributed by atoms with E-state index in [4.69, 9.17) is 11.6 Å². The van der Waals surface area contributed by atoms with Gasteiger partial charge in [0.1, 0.15) is 5.52 Å². The standard InChI is InChI=1S/C14H11ClN2S/c1-17(10-6-3-2-4-7-10)14-16-13-11(15)8-5-9-12(13)18-14/h2-9H,1H3. The van der Waals surface area contributed by atoms with Crippen molar-refractivity contribution >= 4 is 44.0 Å². The Kier molecular flexibility index (Phi) is 2.94. The molecule has 3 rings (SSSR count). The van der Waals surface area contributed by atoms with Gasteiger partial charge in [-0.05, 0) is 24.3 Å². The molecule has 1 heterocycles. The lowest BCUT2D eigenvalue weighted by molar-refractivity contribution is 1.18. The fraction of sp³-hybridized carbons (Fsp3) is 0.0714. The minimum absolute atomic E-state index is 0.705. The number of thiazole rings is 1. The number of fused-ring (bicyclic) bond motifs is 1. The Morgan fingerprint density at radius 1 is 1.06 bits per heavy atom. The lowest BCUT2D eigenvalue weighted by Crippen LogP contribution is -2.08. The normalized spacial score (nSPS) is 10.8. The molecule has 0 N–H and O–H groups in total. The van der Waals surface area contributed by atoms with Gasteiger partial charge >= 0.3 is 0 Å². The van der Waals surface area contributed by atoms with E-state index >= 15 is 0 Å². The van der Waals surface area contributed by atoms with Crippen LogP contribution in [-0.4, -0.2) is 12.0 Å². The predicted octanol–water partition coefficient (Wildman–Crippen LogP) is 4.72. The molecule has 90 valence electrons. The van der Waals surface area contributed by atoms with E-state index in [0.717, 1.165) is 21.0 Å². The van der Waals surface area contributed by atoms with Gasteiger partial charge in [0.2, 0.25) is 0 Å². The summed E-state index contributed by atoms with van der Waals surface area (Å²) in [6.07, 6.45) is 0. The topological polar surface area (TPSA) is 16.1 Å². The van der Waals surface area contributed by atoms with E-state index in [1.807, 2.05) is 43.4 Å². The van der Waals surface area contributed by atoms with Crippen LogP contribution in [0.2, 0.25) is 5.02 Å². The van der Waals surface area contributed by atoms with E-state index in [9.17, 15) is 0 Å². The van der Waals surface area contributed by atoms with Crippen molar-refractivity contribution in [3.05, 3.63) is 53.6 Å². The summed E-state index contributed by atoms with van der Waals surface area (Å²) in [5.74, 6) is 0. The first-order chi connectivity index (χ1) is 8.75. The first-order valence-electron chi connectivity index (χ1n) is 5.59. The zero-order chi connectivity index (χ0) is 12.5. The highest BCUT2D eigenvalue weighted by molar-refractivity contribution is 7.22. The third-order valence-corrected chi connectivity index (χ3v) is 4.19. The summed E-state index contributed by atoms with van der Waals surface area (Å²) in [6.45, 7) is 0. The largest absolute Gasteiger partial charge is 0.321 e. The van der Waals surface area contributed by atoms with Crippen molar-refractivity contribution in [1.82, 2.24) is 4.98 Å². The quantitative estimate of drug-likeness (QED) is 0.672. The summed E-state index contributed by atoms with van der Waals surface area (Å²) in [6, 6.07) is 16.0. The second kappa shape index (κ2) is 4.59. The van der Waals surface area contributed by atoms with E-state index < -0.39 is 0 Å². The molecule has 0 aliphatic heterocycles. The zero-order valence-corrected chi connectivity index (χ0v) is 11.4. The van der Waals surface area contributed by atoms with Crippen LogP contribution in [0, 0.1) is 0 Å². The van der Waals surface area contributed by atoms with Crippen molar-refractivity contribution in [3.8, 4) is 0 Å². The molecule has 0 spiro atoms. The molecule has 4 heteroatoms. The molecule has 0 aliphatic rings. The van der Waals surface area contributed by atoms with Gasteiger partial charge in [-0.3, -0.25) is 0 Å². The van der Waals surface area contributed by atoms with Crippen LogP contribution in [0.15, 0.2) is 48.5 Å². The molecule has 3 aromatic rings. The summed E-state index contributed by atoms with van der Waals surface area (Å²) >= 11 is 7.79. The Hall–Kier alpha value is -1.58. The van der Waals surface area contributed by atoms with E-state index in [2.05, 4.69) is 22.0 Å². The first kappa shape index (κ1) is 11.5. The molecule has 0 bridgehead atoms. The average molecular weight is 275 g/mol. The Morgan fingerprint density at radius 3 is 2.56 bits per heavy atom. The van der Waals surface area contributed by atoms with Gasteiger partial charge in [-0.2, -0.15) is 0 Å². The van der Waals surface area contributed by atoms with Gasteiger partial charge in [-0.1, -0.05) is 47.2 Å². The number of benzene rings is 2. The average Bonchev–Trinajstić information content (AvgIpc) is 2.84. The lowest BCUT2D eigenvalue weighted by Gasteiger charge is -2.15. The van der Waals surface area contributed by atoms with Gasteiger partial charge in [-0.15, -0.1) is 0 Å². The highest BCUT2D eigenvalue weighted by Crippen LogP contribution is 2.34. The Morgan fingerprint density at radius 2 is 1.83 bits per heavy atom. The molecule has 18 heavy (non-hydrogen) atoms. The van der Waals surface area contributed by atoms with Crippen LogP contribution in [0.3, 0.4) is 0 Å². The molecule has 0 radical (unpaired) electrons. The van der Waals surface area contributed by atoms with Crippen molar-refractivity contribution in [2.24, 2.45) is 0 Å². The van der Waals surface area contributed by atoms with Gasteiger partial charge in [-0.25, -0.2) is 4.98 Å². The number of nitrogens with zero attached hydrogens (tertiary/aromatic N) is 2. The number of halogens is 1. The van der Waals surface area contributed by atoms with Gasteiger partial charge in [0.05, 0.1) is 9.72 Å². The van der Waals surface area contributed by atoms with Crippen LogP contribution in [0.5, 0.6) is 0 Å². The van der Waals surface area contributed by atoms with E-state index in [0.29, 0.717) is 5.02 Å². The summed E-state index contributed by atoms with van der Waals surface area (Å²) in [4.78, 5) is 6.67. The minimum atomic E-state index is 0.705.